The summed E-state index contributed by atoms with van der Waals surface area (Å²) in [5.41, 5.74) is 0.490. The van der Waals surface area contributed by atoms with Gasteiger partial charge in [-0.15, -0.1) is 0 Å². The Morgan fingerprint density at radius 1 is 1.00 bits per heavy atom. The summed E-state index contributed by atoms with van der Waals surface area (Å²) in [4.78, 5) is 41.3. The van der Waals surface area contributed by atoms with Crippen LogP contribution in [0.3, 0.4) is 0 Å². The highest BCUT2D eigenvalue weighted by molar-refractivity contribution is 5.83. The van der Waals surface area contributed by atoms with Gasteiger partial charge in [-0.2, -0.15) is 0 Å². The largest absolute Gasteiger partial charge is 0.481 e. The lowest BCUT2D eigenvalue weighted by Crippen LogP contribution is -2.60. The van der Waals surface area contributed by atoms with Crippen LogP contribution >= 0.6 is 0 Å². The van der Waals surface area contributed by atoms with Crippen molar-refractivity contribution >= 4 is 17.9 Å². The number of ether oxygens (including phenoxy) is 2. The first kappa shape index (κ1) is 34.8. The lowest BCUT2D eigenvalue weighted by Gasteiger charge is -2.45. The fourth-order valence-electron chi connectivity index (χ4n) is 6.29. The van der Waals surface area contributed by atoms with Crippen LogP contribution in [0, 0.1) is 11.3 Å². The molecule has 1 aromatic rings. The minimum atomic E-state index is -0.984. The number of hydrogen-bond donors (Lipinski definition) is 3. The van der Waals surface area contributed by atoms with Crippen molar-refractivity contribution in [3.63, 3.8) is 0 Å². The van der Waals surface area contributed by atoms with Gasteiger partial charge in [0.05, 0.1) is 13.0 Å². The van der Waals surface area contributed by atoms with Crippen LogP contribution in [-0.4, -0.2) is 65.0 Å². The Hall–Kier alpha value is -2.65. The van der Waals surface area contributed by atoms with Gasteiger partial charge in [0.2, 0.25) is 5.91 Å². The Kier molecular flexibility index (Phi) is 13.3. The molecule has 3 N–H and O–H groups in total. The Bertz CT molecular complexity index is 1030. The lowest BCUT2D eigenvalue weighted by atomic mass is 9.78. The number of aliphatic carboxylic acids is 1. The predicted octanol–water partition coefficient (Wildman–Crippen LogP) is 6.25. The van der Waals surface area contributed by atoms with E-state index in [1.807, 2.05) is 49.1 Å². The fraction of sp³-hybridized carbons (Fsp3) is 0.735. The van der Waals surface area contributed by atoms with Gasteiger partial charge in [0, 0.05) is 36.5 Å². The van der Waals surface area contributed by atoms with E-state index in [1.165, 1.54) is 25.7 Å². The molecule has 0 aromatic heterocycles. The molecule has 0 bridgehead atoms. The maximum absolute atomic E-state index is 13.8. The summed E-state index contributed by atoms with van der Waals surface area (Å²) in [6, 6.07) is 8.99. The van der Waals surface area contributed by atoms with Crippen molar-refractivity contribution in [1.82, 2.24) is 15.5 Å². The number of nitrogens with one attached hydrogen (secondary N) is 2. The summed E-state index contributed by atoms with van der Waals surface area (Å²) in [7, 11) is 0. The summed E-state index contributed by atoms with van der Waals surface area (Å²) >= 11 is 0. The Morgan fingerprint density at radius 3 is 2.37 bits per heavy atom. The molecule has 242 valence electrons. The van der Waals surface area contributed by atoms with E-state index in [1.54, 1.807) is 13.8 Å². The number of rotatable bonds is 15. The van der Waals surface area contributed by atoms with Crippen molar-refractivity contribution in [2.24, 2.45) is 11.3 Å². The van der Waals surface area contributed by atoms with Gasteiger partial charge in [0.1, 0.15) is 6.10 Å². The van der Waals surface area contributed by atoms with E-state index in [-0.39, 0.29) is 30.3 Å². The van der Waals surface area contributed by atoms with E-state index >= 15 is 0 Å². The van der Waals surface area contributed by atoms with E-state index in [9.17, 15) is 19.5 Å². The van der Waals surface area contributed by atoms with Gasteiger partial charge in [-0.05, 0) is 38.7 Å². The molecule has 3 amide bonds. The highest BCUT2D eigenvalue weighted by atomic mass is 16.7. The summed E-state index contributed by atoms with van der Waals surface area (Å²) < 4.78 is 11.8. The van der Waals surface area contributed by atoms with Gasteiger partial charge in [0.15, 0.2) is 5.79 Å². The Balaban J connectivity index is 1.73. The standard InChI is InChI=1S/C34H55N3O6/c1-6-7-8-9-10-16-21-37(23-25-17-12-11-13-18-25)32(41)36-27-20-15-14-19-26(27)28(22-29(38)39)35-31(40)30-33(2,3)24-42-34(4,5)43-30/h11-13,17-18,26-28,30H,6-10,14-16,19-24H2,1-5H3,(H,35,40)(H,36,41)(H,38,39). The fourth-order valence-corrected chi connectivity index (χ4v) is 6.29. The molecule has 0 spiro atoms. The summed E-state index contributed by atoms with van der Waals surface area (Å²) in [6.45, 7) is 11.1. The number of hydrogen-bond acceptors (Lipinski definition) is 5. The highest BCUT2D eigenvalue weighted by Gasteiger charge is 2.47. The number of amides is 3. The summed E-state index contributed by atoms with van der Waals surface area (Å²) in [5.74, 6) is -2.44. The van der Waals surface area contributed by atoms with Gasteiger partial charge in [-0.3, -0.25) is 9.59 Å². The molecule has 0 radical (unpaired) electrons. The number of unbranched alkanes of at least 4 members (excludes halogenated alkanes) is 5. The first-order chi connectivity index (χ1) is 20.4. The van der Waals surface area contributed by atoms with Crippen molar-refractivity contribution in [1.29, 1.82) is 0 Å². The minimum Gasteiger partial charge on any atom is -0.481 e. The van der Waals surface area contributed by atoms with Crippen LogP contribution in [0.4, 0.5) is 4.79 Å². The van der Waals surface area contributed by atoms with Gasteiger partial charge in [-0.1, -0.05) is 96.0 Å². The zero-order valence-electron chi connectivity index (χ0n) is 27.0. The average molecular weight is 602 g/mol. The molecule has 9 heteroatoms. The zero-order valence-corrected chi connectivity index (χ0v) is 27.0. The summed E-state index contributed by atoms with van der Waals surface area (Å²) in [6.07, 6.45) is 9.16. The Labute approximate surface area is 258 Å². The predicted molar refractivity (Wildman–Crippen MR) is 167 cm³/mol. The molecule has 4 unspecified atom stereocenters. The third kappa shape index (κ3) is 11.1. The number of carboxylic acid groups (broad SMARTS) is 1. The van der Waals surface area contributed by atoms with E-state index in [0.29, 0.717) is 19.7 Å². The van der Waals surface area contributed by atoms with E-state index < -0.39 is 29.3 Å². The monoisotopic (exact) mass is 601 g/mol. The van der Waals surface area contributed by atoms with Crippen LogP contribution in [0.25, 0.3) is 0 Å². The van der Waals surface area contributed by atoms with Crippen molar-refractivity contribution in [2.75, 3.05) is 13.2 Å². The molecule has 1 aliphatic heterocycles. The van der Waals surface area contributed by atoms with Gasteiger partial charge in [0.25, 0.3) is 0 Å². The average Bonchev–Trinajstić information content (AvgIpc) is 2.96. The SMILES string of the molecule is CCCCCCCCN(Cc1ccccc1)C(=O)NC1CCCCC1C(CC(=O)O)NC(=O)C1OC(C)(C)OCC1(C)C. The number of nitrogens with zero attached hydrogens (tertiary/aromatic N) is 1. The molecule has 4 atom stereocenters. The number of carbonyl (C=O) groups excluding carboxylic acids is 2. The van der Waals surface area contributed by atoms with Crippen LogP contribution in [0.5, 0.6) is 0 Å². The van der Waals surface area contributed by atoms with Crippen molar-refractivity contribution in [3.05, 3.63) is 35.9 Å². The van der Waals surface area contributed by atoms with Gasteiger partial charge < -0.3 is 30.1 Å². The summed E-state index contributed by atoms with van der Waals surface area (Å²) in [5, 5.41) is 16.1. The molecule has 2 aliphatic rings. The van der Waals surface area contributed by atoms with Crippen molar-refractivity contribution < 1.29 is 29.0 Å². The maximum Gasteiger partial charge on any atom is 0.317 e. The molecule has 1 aromatic carbocycles. The second-order valence-electron chi connectivity index (χ2n) is 13.6. The van der Waals surface area contributed by atoms with Crippen LogP contribution in [-0.2, 0) is 25.6 Å². The molecular weight excluding hydrogens is 546 g/mol. The first-order valence-electron chi connectivity index (χ1n) is 16.3. The normalized spacial score (nSPS) is 23.6. The molecular formula is C34H55N3O6. The number of carbonyl (C=O) groups is 3. The van der Waals surface area contributed by atoms with Crippen LogP contribution in [0.15, 0.2) is 30.3 Å². The molecule has 1 heterocycles. The van der Waals surface area contributed by atoms with Crippen LogP contribution < -0.4 is 10.6 Å². The van der Waals surface area contributed by atoms with Crippen LogP contribution in [0.2, 0.25) is 0 Å². The van der Waals surface area contributed by atoms with Gasteiger partial charge >= 0.3 is 12.0 Å². The van der Waals surface area contributed by atoms with Crippen LogP contribution in [0.1, 0.15) is 111 Å². The smallest absolute Gasteiger partial charge is 0.317 e. The molecule has 1 saturated carbocycles. The molecule has 43 heavy (non-hydrogen) atoms. The third-order valence-corrected chi connectivity index (χ3v) is 8.79. The quantitative estimate of drug-likeness (QED) is 0.205. The molecule has 1 saturated heterocycles. The number of urea groups is 1. The second-order valence-corrected chi connectivity index (χ2v) is 13.6. The molecule has 1 aliphatic carbocycles. The number of carboxylic acids is 1. The van der Waals surface area contributed by atoms with E-state index in [4.69, 9.17) is 9.47 Å². The molecule has 2 fully saturated rings. The van der Waals surface area contributed by atoms with E-state index in [0.717, 1.165) is 44.1 Å². The van der Waals surface area contributed by atoms with Gasteiger partial charge in [-0.25, -0.2) is 4.79 Å². The zero-order chi connectivity index (χ0) is 31.5. The van der Waals surface area contributed by atoms with Crippen molar-refractivity contribution in [3.8, 4) is 0 Å². The van der Waals surface area contributed by atoms with E-state index in [2.05, 4.69) is 17.6 Å². The Morgan fingerprint density at radius 2 is 1.67 bits per heavy atom. The topological polar surface area (TPSA) is 117 Å². The maximum atomic E-state index is 13.8. The first-order valence-corrected chi connectivity index (χ1v) is 16.3. The minimum absolute atomic E-state index is 0.134. The number of benzene rings is 1. The lowest BCUT2D eigenvalue weighted by molar-refractivity contribution is -0.304. The second kappa shape index (κ2) is 16.4. The van der Waals surface area contributed by atoms with Crippen molar-refractivity contribution in [2.45, 2.75) is 136 Å². The highest BCUT2D eigenvalue weighted by Crippen LogP contribution is 2.36. The molecule has 3 rings (SSSR count). The molecule has 9 nitrogen and oxygen atoms in total. The third-order valence-electron chi connectivity index (χ3n) is 8.79.